The summed E-state index contributed by atoms with van der Waals surface area (Å²) in [4.78, 5) is 12.4. The third kappa shape index (κ3) is 36.2. The molecule has 0 aromatic heterocycles. The maximum atomic E-state index is 12.4. The summed E-state index contributed by atoms with van der Waals surface area (Å²) in [7, 11) is 0. The Morgan fingerprint density at radius 2 is 0.878 bits per heavy atom. The fraction of sp³-hybridized carbons (Fsp3) is 0.841. The Hall–Kier alpha value is -1.43. The van der Waals surface area contributed by atoms with Gasteiger partial charge in [0.05, 0.1) is 31.3 Å². The number of aliphatic hydroxyl groups excluding tert-OH is 3. The van der Waals surface area contributed by atoms with Gasteiger partial charge in [-0.1, -0.05) is 198 Å². The van der Waals surface area contributed by atoms with E-state index >= 15 is 0 Å². The van der Waals surface area contributed by atoms with Gasteiger partial charge in [-0.25, -0.2) is 0 Å². The molecule has 0 saturated carbocycles. The van der Waals surface area contributed by atoms with Gasteiger partial charge in [0.1, 0.15) is 0 Å². The molecule has 49 heavy (non-hydrogen) atoms. The standard InChI is InChI=1S/C44H83NO4/c1-3-5-7-9-11-13-15-17-19-20-21-22-24-26-28-30-32-34-36-38-43(48)42(40-46)45-44(49)39-41(47)37-35-33-31-29-27-25-23-18-16-14-12-10-8-6-4-2/h21-22,28,30,36,38,41-43,46-48H,3-20,23-27,29,31-35,37,39-40H2,1-2H3,(H,45,49)/b22-21+,30-28+,38-36+. The van der Waals surface area contributed by atoms with Crippen molar-refractivity contribution in [2.45, 2.75) is 231 Å². The van der Waals surface area contributed by atoms with Gasteiger partial charge in [-0.2, -0.15) is 0 Å². The van der Waals surface area contributed by atoms with Crippen LogP contribution in [-0.2, 0) is 4.79 Å². The highest BCUT2D eigenvalue weighted by Gasteiger charge is 2.20. The molecular formula is C44H83NO4. The van der Waals surface area contributed by atoms with Gasteiger partial charge in [-0.05, 0) is 44.9 Å². The van der Waals surface area contributed by atoms with Gasteiger partial charge in [0.2, 0.25) is 5.91 Å². The molecule has 0 radical (unpaired) electrons. The fourth-order valence-electron chi connectivity index (χ4n) is 6.37. The van der Waals surface area contributed by atoms with Crippen LogP contribution in [0, 0.1) is 0 Å². The molecule has 0 heterocycles. The van der Waals surface area contributed by atoms with Crippen LogP contribution in [-0.4, -0.2) is 46.1 Å². The molecule has 0 spiro atoms. The van der Waals surface area contributed by atoms with Crippen LogP contribution < -0.4 is 5.32 Å². The van der Waals surface area contributed by atoms with Crippen molar-refractivity contribution < 1.29 is 20.1 Å². The van der Waals surface area contributed by atoms with E-state index < -0.39 is 18.2 Å². The van der Waals surface area contributed by atoms with Gasteiger partial charge in [0.15, 0.2) is 0 Å². The van der Waals surface area contributed by atoms with E-state index in [0.29, 0.717) is 6.42 Å². The van der Waals surface area contributed by atoms with Crippen LogP contribution in [0.5, 0.6) is 0 Å². The molecule has 5 heteroatoms. The number of hydrogen-bond donors (Lipinski definition) is 4. The molecule has 0 aliphatic carbocycles. The predicted octanol–water partition coefficient (Wildman–Crippen LogP) is 12.0. The molecule has 0 aliphatic heterocycles. The molecule has 0 bridgehead atoms. The summed E-state index contributed by atoms with van der Waals surface area (Å²) < 4.78 is 0. The Bertz CT molecular complexity index is 764. The SMILES string of the molecule is CCCCCCCCCCC/C=C/CC/C=C/CC/C=C/C(O)C(CO)NC(=O)CC(O)CCCCCCCCCCCCCCCCC. The first kappa shape index (κ1) is 47.6. The quantitative estimate of drug-likeness (QED) is 0.0384. The van der Waals surface area contributed by atoms with Crippen molar-refractivity contribution >= 4 is 5.91 Å². The summed E-state index contributed by atoms with van der Waals surface area (Å²) in [6, 6.07) is -0.764. The lowest BCUT2D eigenvalue weighted by Gasteiger charge is -2.21. The second-order valence-electron chi connectivity index (χ2n) is 14.6. The lowest BCUT2D eigenvalue weighted by atomic mass is 10.0. The first-order chi connectivity index (χ1) is 24.0. The summed E-state index contributed by atoms with van der Waals surface area (Å²) >= 11 is 0. The normalized spacial score (nSPS) is 14.0. The summed E-state index contributed by atoms with van der Waals surface area (Å²) in [5, 5.41) is 33.1. The lowest BCUT2D eigenvalue weighted by molar-refractivity contribution is -0.124. The van der Waals surface area contributed by atoms with E-state index in [1.165, 1.54) is 148 Å². The number of aliphatic hydroxyl groups is 3. The van der Waals surface area contributed by atoms with E-state index in [4.69, 9.17) is 0 Å². The molecule has 5 nitrogen and oxygen atoms in total. The minimum Gasteiger partial charge on any atom is -0.394 e. The summed E-state index contributed by atoms with van der Waals surface area (Å²) in [5.74, 6) is -0.329. The first-order valence-corrected chi connectivity index (χ1v) is 21.3. The molecule has 0 aromatic carbocycles. The number of allylic oxidation sites excluding steroid dienone is 5. The Labute approximate surface area is 304 Å². The van der Waals surface area contributed by atoms with Crippen molar-refractivity contribution in [1.29, 1.82) is 0 Å². The number of carbonyl (C=O) groups excluding carboxylic acids is 1. The maximum absolute atomic E-state index is 12.4. The summed E-state index contributed by atoms with van der Waals surface area (Å²) in [6.07, 6.45) is 48.5. The van der Waals surface area contributed by atoms with Gasteiger partial charge >= 0.3 is 0 Å². The minimum atomic E-state index is -0.957. The largest absolute Gasteiger partial charge is 0.394 e. The molecule has 0 fully saturated rings. The zero-order valence-corrected chi connectivity index (χ0v) is 32.6. The summed E-state index contributed by atoms with van der Waals surface area (Å²) in [5.41, 5.74) is 0. The number of nitrogens with one attached hydrogen (secondary N) is 1. The first-order valence-electron chi connectivity index (χ1n) is 21.3. The molecular weight excluding hydrogens is 606 g/mol. The molecule has 288 valence electrons. The molecule has 0 rings (SSSR count). The number of rotatable bonds is 38. The maximum Gasteiger partial charge on any atom is 0.222 e. The molecule has 1 amide bonds. The highest BCUT2D eigenvalue weighted by atomic mass is 16.3. The van der Waals surface area contributed by atoms with Gasteiger partial charge in [-0.15, -0.1) is 0 Å². The van der Waals surface area contributed by atoms with Crippen LogP contribution in [0.25, 0.3) is 0 Å². The van der Waals surface area contributed by atoms with Gasteiger partial charge < -0.3 is 20.6 Å². The van der Waals surface area contributed by atoms with E-state index in [1.54, 1.807) is 6.08 Å². The Kier molecular flexibility index (Phi) is 38.2. The Morgan fingerprint density at radius 1 is 0.510 bits per heavy atom. The van der Waals surface area contributed by atoms with E-state index in [9.17, 15) is 20.1 Å². The predicted molar refractivity (Wildman–Crippen MR) is 213 cm³/mol. The van der Waals surface area contributed by atoms with Crippen molar-refractivity contribution in [3.05, 3.63) is 36.5 Å². The molecule has 3 unspecified atom stereocenters. The van der Waals surface area contributed by atoms with Crippen LogP contribution in [0.15, 0.2) is 36.5 Å². The number of unbranched alkanes of at least 4 members (excludes halogenated alkanes) is 25. The van der Waals surface area contributed by atoms with Gasteiger partial charge in [0.25, 0.3) is 0 Å². The monoisotopic (exact) mass is 690 g/mol. The average Bonchev–Trinajstić information content (AvgIpc) is 3.09. The number of carbonyl (C=O) groups is 1. The highest BCUT2D eigenvalue weighted by Crippen LogP contribution is 2.15. The zero-order chi connectivity index (χ0) is 35.9. The smallest absolute Gasteiger partial charge is 0.222 e. The van der Waals surface area contributed by atoms with Crippen molar-refractivity contribution in [3.8, 4) is 0 Å². The summed E-state index contributed by atoms with van der Waals surface area (Å²) in [6.45, 7) is 4.19. The molecule has 0 aliphatic rings. The van der Waals surface area contributed by atoms with Crippen LogP contribution in [0.1, 0.15) is 213 Å². The van der Waals surface area contributed by atoms with E-state index in [1.807, 2.05) is 6.08 Å². The van der Waals surface area contributed by atoms with E-state index in [-0.39, 0.29) is 18.9 Å². The van der Waals surface area contributed by atoms with Crippen molar-refractivity contribution in [2.24, 2.45) is 0 Å². The van der Waals surface area contributed by atoms with Gasteiger partial charge in [0, 0.05) is 0 Å². The van der Waals surface area contributed by atoms with E-state index in [2.05, 4.69) is 43.5 Å². The van der Waals surface area contributed by atoms with Crippen molar-refractivity contribution in [1.82, 2.24) is 5.32 Å². The highest BCUT2D eigenvalue weighted by molar-refractivity contribution is 5.76. The molecule has 3 atom stereocenters. The Morgan fingerprint density at radius 3 is 1.31 bits per heavy atom. The second kappa shape index (κ2) is 39.4. The van der Waals surface area contributed by atoms with Crippen LogP contribution in [0.4, 0.5) is 0 Å². The fourth-order valence-corrected chi connectivity index (χ4v) is 6.37. The molecule has 0 saturated heterocycles. The van der Waals surface area contributed by atoms with Crippen LogP contribution in [0.2, 0.25) is 0 Å². The van der Waals surface area contributed by atoms with Crippen molar-refractivity contribution in [2.75, 3.05) is 6.61 Å². The lowest BCUT2D eigenvalue weighted by Crippen LogP contribution is -2.45. The van der Waals surface area contributed by atoms with E-state index in [0.717, 1.165) is 38.5 Å². The van der Waals surface area contributed by atoms with Crippen LogP contribution in [0.3, 0.4) is 0 Å². The average molecular weight is 690 g/mol. The van der Waals surface area contributed by atoms with Gasteiger partial charge in [-0.3, -0.25) is 4.79 Å². The third-order valence-corrected chi connectivity index (χ3v) is 9.66. The number of amides is 1. The zero-order valence-electron chi connectivity index (χ0n) is 32.6. The molecule has 4 N–H and O–H groups in total. The number of hydrogen-bond acceptors (Lipinski definition) is 4. The third-order valence-electron chi connectivity index (χ3n) is 9.66. The topological polar surface area (TPSA) is 89.8 Å². The second-order valence-corrected chi connectivity index (χ2v) is 14.6. The Balaban J connectivity index is 3.75. The van der Waals surface area contributed by atoms with Crippen LogP contribution >= 0.6 is 0 Å². The van der Waals surface area contributed by atoms with Crippen molar-refractivity contribution in [3.63, 3.8) is 0 Å². The molecule has 0 aromatic rings. The minimum absolute atomic E-state index is 0.00474.